The van der Waals surface area contributed by atoms with Gasteiger partial charge in [-0.15, -0.1) is 0 Å². The third-order valence-corrected chi connectivity index (χ3v) is 5.75. The number of hydrogen-bond donors (Lipinski definition) is 0. The number of hydrogen-bond acceptors (Lipinski definition) is 6. The minimum absolute atomic E-state index is 0.0857. The van der Waals surface area contributed by atoms with Crippen LogP contribution in [0.3, 0.4) is 0 Å². The van der Waals surface area contributed by atoms with Crippen molar-refractivity contribution in [3.05, 3.63) is 42.6 Å². The summed E-state index contributed by atoms with van der Waals surface area (Å²) >= 11 is 0. The Balaban J connectivity index is 1.34. The van der Waals surface area contributed by atoms with E-state index in [4.69, 9.17) is 14.5 Å². The van der Waals surface area contributed by atoms with Crippen LogP contribution >= 0.6 is 0 Å². The number of pyridine rings is 2. The molecular formula is C21H24FN5O2. The summed E-state index contributed by atoms with van der Waals surface area (Å²) in [7, 11) is 0. The molecule has 0 unspecified atom stereocenters. The van der Waals surface area contributed by atoms with Crippen LogP contribution in [0.15, 0.2) is 36.8 Å². The number of fused-ring (bicyclic) bond motifs is 1. The standard InChI is InChI=1S/C21H24FN5O2/c22-15-13-24-27(14-15)16-3-5-17(6-4-16)29-21-18-2-1-7-23-19(18)12-20(25-21)26-8-10-28-11-9-26/h1-2,7,12-14,16-17H,3-6,8-11H2/t16-,17+. The van der Waals surface area contributed by atoms with Crippen LogP contribution in [0.1, 0.15) is 31.7 Å². The first-order valence-electron chi connectivity index (χ1n) is 10.2. The number of ether oxygens (including phenoxy) is 2. The zero-order chi connectivity index (χ0) is 19.6. The quantitative estimate of drug-likeness (QED) is 0.673. The van der Waals surface area contributed by atoms with E-state index in [2.05, 4.69) is 15.0 Å². The van der Waals surface area contributed by atoms with Crippen molar-refractivity contribution in [2.45, 2.75) is 37.8 Å². The molecule has 1 saturated heterocycles. The highest BCUT2D eigenvalue weighted by Gasteiger charge is 2.26. The zero-order valence-corrected chi connectivity index (χ0v) is 16.2. The molecule has 5 rings (SSSR count). The van der Waals surface area contributed by atoms with Gasteiger partial charge in [-0.3, -0.25) is 9.67 Å². The molecule has 1 aliphatic heterocycles. The minimum atomic E-state index is -0.286. The van der Waals surface area contributed by atoms with E-state index in [1.165, 1.54) is 12.4 Å². The summed E-state index contributed by atoms with van der Waals surface area (Å²) in [5, 5.41) is 5.05. The van der Waals surface area contributed by atoms with Gasteiger partial charge >= 0.3 is 0 Å². The largest absolute Gasteiger partial charge is 0.474 e. The summed E-state index contributed by atoms with van der Waals surface area (Å²) in [6.45, 7) is 3.04. The highest BCUT2D eigenvalue weighted by molar-refractivity contribution is 5.85. The molecule has 8 heteroatoms. The van der Waals surface area contributed by atoms with Crippen molar-refractivity contribution in [1.82, 2.24) is 19.7 Å². The van der Waals surface area contributed by atoms with Crippen LogP contribution in [0.2, 0.25) is 0 Å². The van der Waals surface area contributed by atoms with E-state index in [-0.39, 0.29) is 18.0 Å². The van der Waals surface area contributed by atoms with E-state index in [1.807, 2.05) is 18.2 Å². The fourth-order valence-electron chi connectivity index (χ4n) is 4.18. The first kappa shape index (κ1) is 18.3. The van der Waals surface area contributed by atoms with Gasteiger partial charge < -0.3 is 14.4 Å². The van der Waals surface area contributed by atoms with Gasteiger partial charge in [0.15, 0.2) is 5.82 Å². The molecule has 152 valence electrons. The zero-order valence-electron chi connectivity index (χ0n) is 16.2. The molecule has 2 fully saturated rings. The fourth-order valence-corrected chi connectivity index (χ4v) is 4.18. The highest BCUT2D eigenvalue weighted by atomic mass is 19.1. The monoisotopic (exact) mass is 397 g/mol. The Morgan fingerprint density at radius 2 is 1.97 bits per heavy atom. The molecule has 4 heterocycles. The van der Waals surface area contributed by atoms with Crippen molar-refractivity contribution in [2.24, 2.45) is 0 Å². The molecule has 7 nitrogen and oxygen atoms in total. The van der Waals surface area contributed by atoms with Crippen LogP contribution in [0.25, 0.3) is 10.9 Å². The molecule has 0 bridgehead atoms. The highest BCUT2D eigenvalue weighted by Crippen LogP contribution is 2.33. The SMILES string of the molecule is Fc1cnn([C@H]2CC[C@@H](Oc3nc(N4CCOCC4)cc4ncccc34)CC2)c1. The fraction of sp³-hybridized carbons (Fsp3) is 0.476. The van der Waals surface area contributed by atoms with Gasteiger partial charge in [-0.05, 0) is 37.8 Å². The minimum Gasteiger partial charge on any atom is -0.474 e. The number of morpholine rings is 1. The molecule has 0 radical (unpaired) electrons. The predicted octanol–water partition coefficient (Wildman–Crippen LogP) is 3.36. The van der Waals surface area contributed by atoms with E-state index < -0.39 is 0 Å². The predicted molar refractivity (Wildman–Crippen MR) is 107 cm³/mol. The maximum absolute atomic E-state index is 13.3. The van der Waals surface area contributed by atoms with Gasteiger partial charge in [-0.1, -0.05) is 0 Å². The molecule has 2 aliphatic rings. The number of halogens is 1. The Morgan fingerprint density at radius 3 is 2.72 bits per heavy atom. The second-order valence-corrected chi connectivity index (χ2v) is 7.64. The van der Waals surface area contributed by atoms with E-state index in [0.717, 1.165) is 55.5 Å². The second kappa shape index (κ2) is 7.94. The van der Waals surface area contributed by atoms with E-state index in [1.54, 1.807) is 10.9 Å². The van der Waals surface area contributed by atoms with Crippen LogP contribution in [-0.2, 0) is 4.74 Å². The van der Waals surface area contributed by atoms with Crippen LogP contribution < -0.4 is 9.64 Å². The Kier molecular flexibility index (Phi) is 5.01. The summed E-state index contributed by atoms with van der Waals surface area (Å²) in [5.74, 6) is 1.24. The average Bonchev–Trinajstić information content (AvgIpc) is 3.21. The Hall–Kier alpha value is -2.74. The molecule has 3 aromatic heterocycles. The van der Waals surface area contributed by atoms with Gasteiger partial charge in [-0.25, -0.2) is 4.39 Å². The third-order valence-electron chi connectivity index (χ3n) is 5.75. The van der Waals surface area contributed by atoms with E-state index in [0.29, 0.717) is 19.1 Å². The Bertz CT molecular complexity index is 980. The lowest BCUT2D eigenvalue weighted by Crippen LogP contribution is -2.36. The van der Waals surface area contributed by atoms with Crippen LogP contribution in [0, 0.1) is 5.82 Å². The number of nitrogens with zero attached hydrogens (tertiary/aromatic N) is 5. The number of aromatic nitrogens is 4. The van der Waals surface area contributed by atoms with Crippen LogP contribution in [0.4, 0.5) is 10.2 Å². The first-order chi connectivity index (χ1) is 14.3. The van der Waals surface area contributed by atoms with Gasteiger partial charge in [-0.2, -0.15) is 10.1 Å². The number of anilines is 1. The van der Waals surface area contributed by atoms with Crippen molar-refractivity contribution < 1.29 is 13.9 Å². The third kappa shape index (κ3) is 3.89. The molecule has 3 aromatic rings. The Morgan fingerprint density at radius 1 is 1.14 bits per heavy atom. The smallest absolute Gasteiger partial charge is 0.225 e. The normalized spacial score (nSPS) is 22.7. The van der Waals surface area contributed by atoms with Gasteiger partial charge in [0.05, 0.1) is 42.6 Å². The lowest BCUT2D eigenvalue weighted by molar-refractivity contribution is 0.120. The summed E-state index contributed by atoms with van der Waals surface area (Å²) in [5.41, 5.74) is 0.889. The first-order valence-corrected chi connectivity index (χ1v) is 10.2. The second-order valence-electron chi connectivity index (χ2n) is 7.64. The lowest BCUT2D eigenvalue weighted by Gasteiger charge is -2.30. The average molecular weight is 397 g/mol. The molecule has 0 amide bonds. The van der Waals surface area contributed by atoms with E-state index >= 15 is 0 Å². The molecule has 0 spiro atoms. The molecule has 0 N–H and O–H groups in total. The summed E-state index contributed by atoms with van der Waals surface area (Å²) < 4.78 is 26.8. The maximum Gasteiger partial charge on any atom is 0.225 e. The van der Waals surface area contributed by atoms with Crippen LogP contribution in [0.5, 0.6) is 5.88 Å². The van der Waals surface area contributed by atoms with E-state index in [9.17, 15) is 4.39 Å². The molecule has 1 saturated carbocycles. The van der Waals surface area contributed by atoms with Gasteiger partial charge in [0.1, 0.15) is 11.9 Å². The lowest BCUT2D eigenvalue weighted by atomic mass is 9.93. The van der Waals surface area contributed by atoms with Crippen molar-refractivity contribution in [3.8, 4) is 5.88 Å². The number of rotatable bonds is 4. The van der Waals surface area contributed by atoms with Crippen molar-refractivity contribution in [1.29, 1.82) is 0 Å². The van der Waals surface area contributed by atoms with Crippen LogP contribution in [-0.4, -0.2) is 52.2 Å². The van der Waals surface area contributed by atoms with Crippen molar-refractivity contribution in [2.75, 3.05) is 31.2 Å². The maximum atomic E-state index is 13.3. The van der Waals surface area contributed by atoms with Crippen molar-refractivity contribution >= 4 is 16.7 Å². The van der Waals surface area contributed by atoms with Crippen molar-refractivity contribution in [3.63, 3.8) is 0 Å². The topological polar surface area (TPSA) is 65.3 Å². The van der Waals surface area contributed by atoms with Gasteiger partial charge in [0.2, 0.25) is 5.88 Å². The molecule has 29 heavy (non-hydrogen) atoms. The summed E-state index contributed by atoms with van der Waals surface area (Å²) in [6, 6.07) is 6.17. The molecular weight excluding hydrogens is 373 g/mol. The molecule has 0 aromatic carbocycles. The summed E-state index contributed by atoms with van der Waals surface area (Å²) in [6.07, 6.45) is 8.21. The Labute approximate surface area is 168 Å². The molecule has 1 aliphatic carbocycles. The van der Waals surface area contributed by atoms with Gasteiger partial charge in [0, 0.05) is 25.4 Å². The molecule has 0 atom stereocenters. The van der Waals surface area contributed by atoms with Gasteiger partial charge in [0.25, 0.3) is 0 Å². The summed E-state index contributed by atoms with van der Waals surface area (Å²) in [4.78, 5) is 11.6.